The third kappa shape index (κ3) is 1.32. The SMILES string of the molecule is C1=c2c(-c3cc4ccccc4[nH]3)cccc2=NC1. The van der Waals surface area contributed by atoms with Crippen molar-refractivity contribution in [3.05, 3.63) is 59.1 Å². The predicted molar refractivity (Wildman–Crippen MR) is 73.8 cm³/mol. The molecule has 18 heavy (non-hydrogen) atoms. The van der Waals surface area contributed by atoms with E-state index >= 15 is 0 Å². The number of hydrogen-bond donors (Lipinski definition) is 1. The van der Waals surface area contributed by atoms with Crippen molar-refractivity contribution in [3.63, 3.8) is 0 Å². The Morgan fingerprint density at radius 1 is 1.00 bits per heavy atom. The van der Waals surface area contributed by atoms with Crippen molar-refractivity contribution in [2.24, 2.45) is 4.99 Å². The van der Waals surface area contributed by atoms with Gasteiger partial charge in [-0.25, -0.2) is 0 Å². The van der Waals surface area contributed by atoms with E-state index in [4.69, 9.17) is 0 Å². The first kappa shape index (κ1) is 9.66. The van der Waals surface area contributed by atoms with Crippen molar-refractivity contribution < 1.29 is 0 Å². The lowest BCUT2D eigenvalue weighted by Crippen LogP contribution is -2.23. The lowest BCUT2D eigenvalue weighted by Gasteiger charge is -1.97. The second-order valence-electron chi connectivity index (χ2n) is 4.55. The number of nitrogens with one attached hydrogen (secondary N) is 1. The van der Waals surface area contributed by atoms with Crippen LogP contribution in [0.2, 0.25) is 0 Å². The van der Waals surface area contributed by atoms with Gasteiger partial charge in [0.25, 0.3) is 0 Å². The van der Waals surface area contributed by atoms with Crippen molar-refractivity contribution >= 4 is 17.0 Å². The molecule has 0 unspecified atom stereocenters. The molecule has 1 N–H and O–H groups in total. The van der Waals surface area contributed by atoms with E-state index in [1.807, 2.05) is 0 Å². The molecule has 1 aliphatic rings. The molecule has 0 saturated heterocycles. The molecule has 0 spiro atoms. The minimum atomic E-state index is 0.798. The Kier molecular flexibility index (Phi) is 1.92. The van der Waals surface area contributed by atoms with E-state index in [9.17, 15) is 0 Å². The van der Waals surface area contributed by atoms with Gasteiger partial charge in [-0.05, 0) is 18.2 Å². The van der Waals surface area contributed by atoms with Crippen LogP contribution >= 0.6 is 0 Å². The molecule has 2 heterocycles. The molecule has 2 heteroatoms. The summed E-state index contributed by atoms with van der Waals surface area (Å²) >= 11 is 0. The van der Waals surface area contributed by atoms with Crippen LogP contribution in [-0.2, 0) is 0 Å². The monoisotopic (exact) mass is 232 g/mol. The zero-order valence-electron chi connectivity index (χ0n) is 9.85. The number of aromatic nitrogens is 1. The fraction of sp³-hybridized carbons (Fsp3) is 0.0625. The van der Waals surface area contributed by atoms with Crippen molar-refractivity contribution in [2.45, 2.75) is 0 Å². The topological polar surface area (TPSA) is 28.1 Å². The lowest BCUT2D eigenvalue weighted by atomic mass is 10.1. The van der Waals surface area contributed by atoms with Gasteiger partial charge in [-0.15, -0.1) is 0 Å². The quantitative estimate of drug-likeness (QED) is 0.666. The first-order valence-electron chi connectivity index (χ1n) is 6.14. The Morgan fingerprint density at radius 2 is 1.94 bits per heavy atom. The molecule has 1 aromatic heterocycles. The van der Waals surface area contributed by atoms with Gasteiger partial charge >= 0.3 is 0 Å². The van der Waals surface area contributed by atoms with Crippen molar-refractivity contribution in [1.82, 2.24) is 4.98 Å². The van der Waals surface area contributed by atoms with Gasteiger partial charge in [-0.2, -0.15) is 0 Å². The van der Waals surface area contributed by atoms with Crippen LogP contribution in [0.15, 0.2) is 53.5 Å². The molecule has 86 valence electrons. The summed E-state index contributed by atoms with van der Waals surface area (Å²) in [6.07, 6.45) is 2.19. The standard InChI is InChI=1S/C16H12N2/c1-2-6-14-11(4-1)10-16(18-14)12-5-3-7-15-13(12)8-9-17-15/h1-8,10,18H,9H2. The molecule has 2 aromatic carbocycles. The molecule has 0 radical (unpaired) electrons. The summed E-state index contributed by atoms with van der Waals surface area (Å²) in [5.74, 6) is 0. The predicted octanol–water partition coefficient (Wildman–Crippen LogP) is 2.25. The Bertz CT molecular complexity index is 823. The highest BCUT2D eigenvalue weighted by Crippen LogP contribution is 2.21. The van der Waals surface area contributed by atoms with Crippen LogP contribution in [0.5, 0.6) is 0 Å². The van der Waals surface area contributed by atoms with Gasteiger partial charge in [0, 0.05) is 27.4 Å². The Labute approximate surface area is 104 Å². The van der Waals surface area contributed by atoms with Crippen molar-refractivity contribution in [3.8, 4) is 11.3 Å². The van der Waals surface area contributed by atoms with E-state index < -0.39 is 0 Å². The van der Waals surface area contributed by atoms with Crippen LogP contribution in [0.3, 0.4) is 0 Å². The first-order chi connectivity index (χ1) is 8.92. The number of aromatic amines is 1. The van der Waals surface area contributed by atoms with E-state index in [1.165, 1.54) is 27.4 Å². The van der Waals surface area contributed by atoms with Crippen LogP contribution in [-0.4, -0.2) is 11.5 Å². The number of hydrogen-bond acceptors (Lipinski definition) is 1. The Morgan fingerprint density at radius 3 is 2.89 bits per heavy atom. The summed E-state index contributed by atoms with van der Waals surface area (Å²) < 4.78 is 0. The Hall–Kier alpha value is -2.35. The highest BCUT2D eigenvalue weighted by Gasteiger charge is 2.06. The van der Waals surface area contributed by atoms with Crippen LogP contribution in [0.25, 0.3) is 28.2 Å². The number of para-hydroxylation sites is 1. The van der Waals surface area contributed by atoms with Gasteiger partial charge in [0.1, 0.15) is 0 Å². The molecule has 4 rings (SSSR count). The summed E-state index contributed by atoms with van der Waals surface area (Å²) in [6, 6.07) is 16.9. The van der Waals surface area contributed by atoms with E-state index in [0.717, 1.165) is 11.9 Å². The van der Waals surface area contributed by atoms with Gasteiger partial charge in [-0.1, -0.05) is 36.4 Å². The van der Waals surface area contributed by atoms with E-state index in [1.54, 1.807) is 0 Å². The van der Waals surface area contributed by atoms with Crippen molar-refractivity contribution in [1.29, 1.82) is 0 Å². The fourth-order valence-electron chi connectivity index (χ4n) is 2.59. The van der Waals surface area contributed by atoms with E-state index in [-0.39, 0.29) is 0 Å². The molecule has 0 fully saturated rings. The number of fused-ring (bicyclic) bond motifs is 2. The maximum absolute atomic E-state index is 4.47. The zero-order chi connectivity index (χ0) is 11.9. The first-order valence-corrected chi connectivity index (χ1v) is 6.14. The smallest absolute Gasteiger partial charge is 0.0654 e. The molecular formula is C16H12N2. The average Bonchev–Trinajstić information content (AvgIpc) is 3.04. The molecule has 0 aliphatic carbocycles. The summed E-state index contributed by atoms with van der Waals surface area (Å²) in [4.78, 5) is 7.95. The maximum Gasteiger partial charge on any atom is 0.0654 e. The normalized spacial score (nSPS) is 13.1. The molecule has 1 aliphatic heterocycles. The van der Waals surface area contributed by atoms with Gasteiger partial charge in [0.2, 0.25) is 0 Å². The maximum atomic E-state index is 4.47. The summed E-state index contributed by atoms with van der Waals surface area (Å²) in [5.41, 5.74) is 3.59. The largest absolute Gasteiger partial charge is 0.355 e. The number of nitrogens with zero attached hydrogens (tertiary/aromatic N) is 1. The summed E-state index contributed by atoms with van der Waals surface area (Å²) in [7, 11) is 0. The third-order valence-corrected chi connectivity index (χ3v) is 3.46. The average molecular weight is 232 g/mol. The molecule has 0 atom stereocenters. The lowest BCUT2D eigenvalue weighted by molar-refractivity contribution is 1.22. The second-order valence-corrected chi connectivity index (χ2v) is 4.55. The highest BCUT2D eigenvalue weighted by atomic mass is 14.7. The molecule has 0 saturated carbocycles. The number of rotatable bonds is 1. The summed E-state index contributed by atoms with van der Waals surface area (Å²) in [6.45, 7) is 0.798. The van der Waals surface area contributed by atoms with Gasteiger partial charge < -0.3 is 4.98 Å². The van der Waals surface area contributed by atoms with Crippen LogP contribution < -0.4 is 10.6 Å². The third-order valence-electron chi connectivity index (χ3n) is 3.46. The zero-order valence-corrected chi connectivity index (χ0v) is 9.85. The minimum Gasteiger partial charge on any atom is -0.355 e. The van der Waals surface area contributed by atoms with Crippen LogP contribution in [0, 0.1) is 0 Å². The van der Waals surface area contributed by atoms with Gasteiger partial charge in [-0.3, -0.25) is 4.99 Å². The van der Waals surface area contributed by atoms with E-state index in [0.29, 0.717) is 0 Å². The van der Waals surface area contributed by atoms with Crippen LogP contribution in [0.4, 0.5) is 0 Å². The molecule has 0 amide bonds. The van der Waals surface area contributed by atoms with Crippen LogP contribution in [0.1, 0.15) is 0 Å². The highest BCUT2D eigenvalue weighted by molar-refractivity contribution is 5.85. The van der Waals surface area contributed by atoms with Crippen molar-refractivity contribution in [2.75, 3.05) is 6.54 Å². The fourth-order valence-corrected chi connectivity index (χ4v) is 2.59. The molecule has 3 aromatic rings. The molecule has 0 bridgehead atoms. The van der Waals surface area contributed by atoms with Gasteiger partial charge in [0.05, 0.1) is 11.9 Å². The Balaban J connectivity index is 2.05. The molecule has 2 nitrogen and oxygen atoms in total. The number of H-pyrrole nitrogens is 1. The number of benzene rings is 2. The second kappa shape index (κ2) is 3.57. The van der Waals surface area contributed by atoms with E-state index in [2.05, 4.69) is 64.6 Å². The summed E-state index contributed by atoms with van der Waals surface area (Å²) in [5, 5.41) is 3.61. The molecular weight excluding hydrogens is 220 g/mol. The minimum absolute atomic E-state index is 0.798. The van der Waals surface area contributed by atoms with Gasteiger partial charge in [0.15, 0.2) is 0 Å².